The van der Waals surface area contributed by atoms with Crippen molar-refractivity contribution in [2.45, 2.75) is 26.2 Å². The molecule has 0 spiro atoms. The van der Waals surface area contributed by atoms with E-state index in [1.54, 1.807) is 0 Å². The Labute approximate surface area is 97.6 Å². The minimum atomic E-state index is 0.615. The van der Waals surface area contributed by atoms with Gasteiger partial charge in [0, 0.05) is 0 Å². The predicted octanol–water partition coefficient (Wildman–Crippen LogP) is 5.00. The van der Waals surface area contributed by atoms with E-state index in [0.717, 1.165) is 0 Å². The van der Waals surface area contributed by atoms with Crippen LogP contribution in [0, 0.1) is 0 Å². The highest BCUT2D eigenvalue weighted by atomic mass is 14.1. The van der Waals surface area contributed by atoms with E-state index in [1.165, 1.54) is 28.3 Å². The van der Waals surface area contributed by atoms with Gasteiger partial charge in [-0.25, -0.2) is 0 Å². The zero-order valence-corrected chi connectivity index (χ0v) is 10.0. The maximum atomic E-state index is 3.88. The molecule has 0 bridgehead atoms. The molecule has 0 saturated heterocycles. The Morgan fingerprint density at radius 3 is 2.44 bits per heavy atom. The summed E-state index contributed by atoms with van der Waals surface area (Å²) in [4.78, 5) is 0. The third kappa shape index (κ3) is 1.76. The normalized spacial score (nSPS) is 12.6. The van der Waals surface area contributed by atoms with Crippen LogP contribution in [0.4, 0.5) is 0 Å². The number of rotatable bonds is 3. The maximum Gasteiger partial charge on any atom is -0.0109 e. The fourth-order valence-electron chi connectivity index (χ4n) is 2.17. The SMILES string of the molecule is C=Cc1ccc(C(C)CC)c2ccccc12. The summed E-state index contributed by atoms with van der Waals surface area (Å²) in [5.74, 6) is 0.615. The van der Waals surface area contributed by atoms with E-state index in [2.05, 4.69) is 56.8 Å². The zero-order chi connectivity index (χ0) is 11.5. The molecule has 2 aromatic rings. The van der Waals surface area contributed by atoms with Gasteiger partial charge >= 0.3 is 0 Å². The first-order chi connectivity index (χ1) is 7.77. The summed E-state index contributed by atoms with van der Waals surface area (Å²) in [6, 6.07) is 13.0. The van der Waals surface area contributed by atoms with E-state index in [4.69, 9.17) is 0 Å². The Bertz CT molecular complexity index is 508. The van der Waals surface area contributed by atoms with Gasteiger partial charge in [0.25, 0.3) is 0 Å². The van der Waals surface area contributed by atoms with Crippen LogP contribution in [0.15, 0.2) is 43.0 Å². The number of fused-ring (bicyclic) bond motifs is 1. The van der Waals surface area contributed by atoms with Gasteiger partial charge in [-0.15, -0.1) is 0 Å². The summed E-state index contributed by atoms with van der Waals surface area (Å²) in [5.41, 5.74) is 2.67. The van der Waals surface area contributed by atoms with Gasteiger partial charge in [0.15, 0.2) is 0 Å². The first kappa shape index (κ1) is 10.9. The van der Waals surface area contributed by atoms with Crippen molar-refractivity contribution >= 4 is 16.8 Å². The Kier molecular flexibility index (Phi) is 3.09. The number of hydrogen-bond donors (Lipinski definition) is 0. The van der Waals surface area contributed by atoms with E-state index in [0.29, 0.717) is 5.92 Å². The van der Waals surface area contributed by atoms with Crippen LogP contribution in [0.3, 0.4) is 0 Å². The molecule has 0 nitrogen and oxygen atoms in total. The Morgan fingerprint density at radius 2 is 1.81 bits per heavy atom. The molecular weight excluding hydrogens is 192 g/mol. The van der Waals surface area contributed by atoms with E-state index in [-0.39, 0.29) is 0 Å². The first-order valence-corrected chi connectivity index (χ1v) is 5.92. The summed E-state index contributed by atoms with van der Waals surface area (Å²) in [6.45, 7) is 8.40. The summed E-state index contributed by atoms with van der Waals surface area (Å²) >= 11 is 0. The molecule has 2 aromatic carbocycles. The van der Waals surface area contributed by atoms with Crippen LogP contribution in [0.25, 0.3) is 16.8 Å². The molecule has 2 rings (SSSR count). The van der Waals surface area contributed by atoms with Crippen molar-refractivity contribution < 1.29 is 0 Å². The molecule has 0 heteroatoms. The molecule has 82 valence electrons. The highest BCUT2D eigenvalue weighted by molar-refractivity contribution is 5.93. The van der Waals surface area contributed by atoms with Crippen LogP contribution in [0.5, 0.6) is 0 Å². The third-order valence-electron chi connectivity index (χ3n) is 3.35. The van der Waals surface area contributed by atoms with Crippen LogP contribution in [-0.2, 0) is 0 Å². The van der Waals surface area contributed by atoms with Crippen LogP contribution >= 0.6 is 0 Å². The van der Waals surface area contributed by atoms with Gasteiger partial charge in [-0.3, -0.25) is 0 Å². The lowest BCUT2D eigenvalue weighted by Gasteiger charge is -2.14. The average molecular weight is 210 g/mol. The van der Waals surface area contributed by atoms with Gasteiger partial charge in [-0.2, -0.15) is 0 Å². The molecule has 16 heavy (non-hydrogen) atoms. The molecule has 0 amide bonds. The Balaban J connectivity index is 2.74. The molecule has 1 atom stereocenters. The fraction of sp³-hybridized carbons (Fsp3) is 0.250. The quantitative estimate of drug-likeness (QED) is 0.669. The van der Waals surface area contributed by atoms with E-state index < -0.39 is 0 Å². The molecule has 1 unspecified atom stereocenters. The number of hydrogen-bond acceptors (Lipinski definition) is 0. The molecule has 0 N–H and O–H groups in total. The van der Waals surface area contributed by atoms with Gasteiger partial charge < -0.3 is 0 Å². The van der Waals surface area contributed by atoms with Crippen molar-refractivity contribution in [2.75, 3.05) is 0 Å². The lowest BCUT2D eigenvalue weighted by molar-refractivity contribution is 0.739. The van der Waals surface area contributed by atoms with E-state index in [1.807, 2.05) is 6.08 Å². The van der Waals surface area contributed by atoms with Crippen LogP contribution < -0.4 is 0 Å². The van der Waals surface area contributed by atoms with E-state index >= 15 is 0 Å². The van der Waals surface area contributed by atoms with Gasteiger partial charge in [0.1, 0.15) is 0 Å². The lowest BCUT2D eigenvalue weighted by atomic mass is 9.91. The van der Waals surface area contributed by atoms with Gasteiger partial charge in [-0.05, 0) is 34.2 Å². The van der Waals surface area contributed by atoms with Gasteiger partial charge in [0.2, 0.25) is 0 Å². The molecule has 0 aliphatic carbocycles. The van der Waals surface area contributed by atoms with Crippen LogP contribution in [-0.4, -0.2) is 0 Å². The average Bonchev–Trinajstić information content (AvgIpc) is 2.36. The zero-order valence-electron chi connectivity index (χ0n) is 10.0. The Morgan fingerprint density at radius 1 is 1.12 bits per heavy atom. The monoisotopic (exact) mass is 210 g/mol. The fourth-order valence-corrected chi connectivity index (χ4v) is 2.17. The molecule has 0 radical (unpaired) electrons. The van der Waals surface area contributed by atoms with Gasteiger partial charge in [0.05, 0.1) is 0 Å². The number of benzene rings is 2. The summed E-state index contributed by atoms with van der Waals surface area (Å²) < 4.78 is 0. The minimum Gasteiger partial charge on any atom is -0.0984 e. The summed E-state index contributed by atoms with van der Waals surface area (Å²) in [7, 11) is 0. The van der Waals surface area contributed by atoms with Crippen molar-refractivity contribution in [1.29, 1.82) is 0 Å². The third-order valence-corrected chi connectivity index (χ3v) is 3.35. The molecule has 0 aliphatic rings. The van der Waals surface area contributed by atoms with Crippen molar-refractivity contribution in [3.05, 3.63) is 54.1 Å². The van der Waals surface area contributed by atoms with Crippen molar-refractivity contribution in [1.82, 2.24) is 0 Å². The first-order valence-electron chi connectivity index (χ1n) is 5.92. The molecule has 0 fully saturated rings. The molecule has 0 saturated carbocycles. The molecule has 0 aromatic heterocycles. The summed E-state index contributed by atoms with van der Waals surface area (Å²) in [6.07, 6.45) is 3.11. The molecular formula is C16H18. The van der Waals surface area contributed by atoms with E-state index in [9.17, 15) is 0 Å². The standard InChI is InChI=1S/C16H18/c1-4-12(3)14-11-10-13(5-2)15-8-6-7-9-16(14)15/h5-12H,2,4H2,1,3H3. The second kappa shape index (κ2) is 4.52. The predicted molar refractivity (Wildman–Crippen MR) is 72.7 cm³/mol. The highest BCUT2D eigenvalue weighted by Crippen LogP contribution is 2.30. The van der Waals surface area contributed by atoms with Crippen LogP contribution in [0.1, 0.15) is 37.3 Å². The second-order valence-corrected chi connectivity index (χ2v) is 4.30. The maximum absolute atomic E-state index is 3.88. The molecule has 0 heterocycles. The lowest BCUT2D eigenvalue weighted by Crippen LogP contribution is -1.93. The van der Waals surface area contributed by atoms with Crippen molar-refractivity contribution in [2.24, 2.45) is 0 Å². The molecule has 0 aliphatic heterocycles. The smallest absolute Gasteiger partial charge is 0.0109 e. The minimum absolute atomic E-state index is 0.615. The Hall–Kier alpha value is -1.56. The topological polar surface area (TPSA) is 0 Å². The largest absolute Gasteiger partial charge is 0.0984 e. The van der Waals surface area contributed by atoms with Crippen molar-refractivity contribution in [3.8, 4) is 0 Å². The second-order valence-electron chi connectivity index (χ2n) is 4.30. The highest BCUT2D eigenvalue weighted by Gasteiger charge is 2.08. The van der Waals surface area contributed by atoms with Crippen LogP contribution in [0.2, 0.25) is 0 Å². The summed E-state index contributed by atoms with van der Waals surface area (Å²) in [5, 5.41) is 2.68. The van der Waals surface area contributed by atoms with Crippen molar-refractivity contribution in [3.63, 3.8) is 0 Å². The van der Waals surface area contributed by atoms with Gasteiger partial charge in [-0.1, -0.05) is 62.9 Å².